The van der Waals surface area contributed by atoms with Crippen LogP contribution in [0.5, 0.6) is 0 Å². The Morgan fingerprint density at radius 3 is 2.94 bits per heavy atom. The molecular formula is C14H22N2. The van der Waals surface area contributed by atoms with E-state index < -0.39 is 0 Å². The van der Waals surface area contributed by atoms with Gasteiger partial charge >= 0.3 is 0 Å². The third kappa shape index (κ3) is 2.82. The average molecular weight is 218 g/mol. The molecule has 3 atom stereocenters. The van der Waals surface area contributed by atoms with Crippen LogP contribution in [0.4, 0.5) is 0 Å². The molecule has 0 radical (unpaired) electrons. The summed E-state index contributed by atoms with van der Waals surface area (Å²) in [4.78, 5) is 4.40. The molecule has 2 nitrogen and oxygen atoms in total. The molecule has 1 aliphatic carbocycles. The summed E-state index contributed by atoms with van der Waals surface area (Å²) < 4.78 is 0. The molecule has 1 aliphatic rings. The van der Waals surface area contributed by atoms with E-state index in [0.717, 1.165) is 11.6 Å². The van der Waals surface area contributed by atoms with Crippen molar-refractivity contribution in [2.75, 3.05) is 0 Å². The fourth-order valence-electron chi connectivity index (χ4n) is 2.67. The highest BCUT2D eigenvalue weighted by Gasteiger charge is 2.24. The summed E-state index contributed by atoms with van der Waals surface area (Å²) in [5.74, 6) is 0.938. The lowest BCUT2D eigenvalue weighted by Gasteiger charge is -2.19. The summed E-state index contributed by atoms with van der Waals surface area (Å²) in [6, 6.07) is 7.20. The van der Waals surface area contributed by atoms with E-state index in [-0.39, 0.29) is 0 Å². The number of hydrogen-bond acceptors (Lipinski definition) is 2. The number of nitrogens with one attached hydrogen (secondary N) is 1. The smallest absolute Gasteiger partial charge is 0.0570 e. The normalized spacial score (nSPS) is 26.9. The van der Waals surface area contributed by atoms with Crippen molar-refractivity contribution in [3.05, 3.63) is 30.1 Å². The highest BCUT2D eigenvalue weighted by Crippen LogP contribution is 2.29. The standard InChI is InChI=1S/C14H22N2/c1-3-12-7-8-13(10-12)16-11(2)14-6-4-5-9-15-14/h4-6,9,11-13,16H,3,7-8,10H2,1-2H3/t11-,12?,13?/m1/s1. The van der Waals surface area contributed by atoms with Gasteiger partial charge in [0.25, 0.3) is 0 Å². The zero-order valence-electron chi connectivity index (χ0n) is 10.3. The van der Waals surface area contributed by atoms with Crippen LogP contribution in [0.25, 0.3) is 0 Å². The van der Waals surface area contributed by atoms with Crippen molar-refractivity contribution < 1.29 is 0 Å². The van der Waals surface area contributed by atoms with Crippen LogP contribution < -0.4 is 5.32 Å². The molecule has 88 valence electrons. The minimum atomic E-state index is 0.377. The highest BCUT2D eigenvalue weighted by atomic mass is 15.0. The Balaban J connectivity index is 1.86. The lowest BCUT2D eigenvalue weighted by Crippen LogP contribution is -2.29. The van der Waals surface area contributed by atoms with Crippen molar-refractivity contribution >= 4 is 0 Å². The van der Waals surface area contributed by atoms with Gasteiger partial charge in [0.2, 0.25) is 0 Å². The Labute approximate surface area is 98.5 Å². The van der Waals surface area contributed by atoms with Crippen LogP contribution in [-0.2, 0) is 0 Å². The first-order valence-corrected chi connectivity index (χ1v) is 6.46. The molecule has 0 bridgehead atoms. The molecule has 0 aromatic carbocycles. The fraction of sp³-hybridized carbons (Fsp3) is 0.643. The monoisotopic (exact) mass is 218 g/mol. The molecule has 0 amide bonds. The first kappa shape index (κ1) is 11.6. The van der Waals surface area contributed by atoms with Crippen molar-refractivity contribution in [1.29, 1.82) is 0 Å². The molecule has 2 heteroatoms. The van der Waals surface area contributed by atoms with Crippen molar-refractivity contribution in [2.24, 2.45) is 5.92 Å². The second-order valence-electron chi connectivity index (χ2n) is 4.93. The van der Waals surface area contributed by atoms with Crippen molar-refractivity contribution in [1.82, 2.24) is 10.3 Å². The molecule has 2 rings (SSSR count). The maximum atomic E-state index is 4.40. The Morgan fingerprint density at radius 1 is 1.44 bits per heavy atom. The number of nitrogens with zero attached hydrogens (tertiary/aromatic N) is 1. The molecule has 0 saturated heterocycles. The summed E-state index contributed by atoms with van der Waals surface area (Å²) in [6.07, 6.45) is 7.26. The van der Waals surface area contributed by atoms with Gasteiger partial charge in [-0.15, -0.1) is 0 Å². The fourth-order valence-corrected chi connectivity index (χ4v) is 2.67. The van der Waals surface area contributed by atoms with Crippen LogP contribution >= 0.6 is 0 Å². The van der Waals surface area contributed by atoms with Crippen molar-refractivity contribution in [2.45, 2.75) is 51.6 Å². The molecule has 16 heavy (non-hydrogen) atoms. The van der Waals surface area contributed by atoms with Crippen LogP contribution in [-0.4, -0.2) is 11.0 Å². The quantitative estimate of drug-likeness (QED) is 0.838. The van der Waals surface area contributed by atoms with E-state index in [0.29, 0.717) is 12.1 Å². The van der Waals surface area contributed by atoms with Crippen LogP contribution in [0.2, 0.25) is 0 Å². The molecule has 1 aromatic heterocycles. The van der Waals surface area contributed by atoms with Crippen LogP contribution in [0, 0.1) is 5.92 Å². The number of rotatable bonds is 4. The van der Waals surface area contributed by atoms with E-state index >= 15 is 0 Å². The van der Waals surface area contributed by atoms with Gasteiger partial charge in [-0.2, -0.15) is 0 Å². The van der Waals surface area contributed by atoms with E-state index in [1.54, 1.807) is 0 Å². The summed E-state index contributed by atoms with van der Waals surface area (Å²) in [5, 5.41) is 3.70. The minimum absolute atomic E-state index is 0.377. The number of aromatic nitrogens is 1. The van der Waals surface area contributed by atoms with E-state index in [1.807, 2.05) is 12.3 Å². The molecule has 0 aliphatic heterocycles. The molecule has 1 saturated carbocycles. The topological polar surface area (TPSA) is 24.9 Å². The largest absolute Gasteiger partial charge is 0.306 e. The second-order valence-corrected chi connectivity index (χ2v) is 4.93. The van der Waals surface area contributed by atoms with Gasteiger partial charge in [0.05, 0.1) is 5.69 Å². The van der Waals surface area contributed by atoms with Gasteiger partial charge in [0.15, 0.2) is 0 Å². The predicted molar refractivity (Wildman–Crippen MR) is 67.2 cm³/mol. The summed E-state index contributed by atoms with van der Waals surface area (Å²) in [5.41, 5.74) is 1.16. The Morgan fingerprint density at radius 2 is 2.31 bits per heavy atom. The summed E-state index contributed by atoms with van der Waals surface area (Å²) in [7, 11) is 0. The van der Waals surface area contributed by atoms with E-state index in [9.17, 15) is 0 Å². The molecule has 1 aromatic rings. The van der Waals surface area contributed by atoms with Crippen LogP contribution in [0.3, 0.4) is 0 Å². The van der Waals surface area contributed by atoms with Gasteiger partial charge in [-0.1, -0.05) is 19.4 Å². The van der Waals surface area contributed by atoms with Gasteiger partial charge in [0.1, 0.15) is 0 Å². The molecule has 1 N–H and O–H groups in total. The number of hydrogen-bond donors (Lipinski definition) is 1. The third-order valence-corrected chi connectivity index (χ3v) is 3.74. The molecule has 0 spiro atoms. The van der Waals surface area contributed by atoms with Gasteiger partial charge < -0.3 is 5.32 Å². The van der Waals surface area contributed by atoms with E-state index in [1.165, 1.54) is 25.7 Å². The lowest BCUT2D eigenvalue weighted by atomic mass is 10.1. The molecule has 1 fully saturated rings. The average Bonchev–Trinajstić information content (AvgIpc) is 2.78. The Bertz CT molecular complexity index is 310. The Hall–Kier alpha value is -0.890. The zero-order valence-corrected chi connectivity index (χ0v) is 10.3. The maximum Gasteiger partial charge on any atom is 0.0570 e. The van der Waals surface area contributed by atoms with Gasteiger partial charge in [-0.3, -0.25) is 4.98 Å². The maximum absolute atomic E-state index is 4.40. The zero-order chi connectivity index (χ0) is 11.4. The van der Waals surface area contributed by atoms with E-state index in [2.05, 4.69) is 36.3 Å². The first-order chi connectivity index (χ1) is 7.79. The van der Waals surface area contributed by atoms with Crippen LogP contribution in [0.1, 0.15) is 51.3 Å². The van der Waals surface area contributed by atoms with Gasteiger partial charge in [0, 0.05) is 18.3 Å². The predicted octanol–water partition coefficient (Wildman–Crippen LogP) is 3.31. The SMILES string of the molecule is CCC1CCC(N[C@H](C)c2ccccn2)C1. The van der Waals surface area contributed by atoms with Crippen LogP contribution in [0.15, 0.2) is 24.4 Å². The van der Waals surface area contributed by atoms with Gasteiger partial charge in [-0.05, 0) is 44.2 Å². The van der Waals surface area contributed by atoms with Crippen molar-refractivity contribution in [3.63, 3.8) is 0 Å². The summed E-state index contributed by atoms with van der Waals surface area (Å²) >= 11 is 0. The second kappa shape index (κ2) is 5.44. The third-order valence-electron chi connectivity index (χ3n) is 3.74. The molecule has 1 heterocycles. The number of pyridine rings is 1. The first-order valence-electron chi connectivity index (χ1n) is 6.46. The Kier molecular flexibility index (Phi) is 3.94. The van der Waals surface area contributed by atoms with Crippen molar-refractivity contribution in [3.8, 4) is 0 Å². The minimum Gasteiger partial charge on any atom is -0.306 e. The van der Waals surface area contributed by atoms with E-state index in [4.69, 9.17) is 0 Å². The highest BCUT2D eigenvalue weighted by molar-refractivity contribution is 5.08. The molecule has 2 unspecified atom stereocenters. The summed E-state index contributed by atoms with van der Waals surface area (Å²) in [6.45, 7) is 4.51. The molecular weight excluding hydrogens is 196 g/mol. The van der Waals surface area contributed by atoms with Gasteiger partial charge in [-0.25, -0.2) is 0 Å². The lowest BCUT2D eigenvalue weighted by molar-refractivity contribution is 0.433.